The molecule has 0 fully saturated rings. The lowest BCUT2D eigenvalue weighted by Gasteiger charge is -2.07. The summed E-state index contributed by atoms with van der Waals surface area (Å²) in [7, 11) is 1.37. The molecular formula is C13H18ClNO3. The molecule has 100 valence electrons. The van der Waals surface area contributed by atoms with Crippen LogP contribution >= 0.6 is 0 Å². The van der Waals surface area contributed by atoms with Gasteiger partial charge in [0.25, 0.3) is 0 Å². The quantitative estimate of drug-likeness (QED) is 0.463. The van der Waals surface area contributed by atoms with Gasteiger partial charge >= 0.3 is 5.97 Å². The molecule has 0 aliphatic heterocycles. The Labute approximate surface area is 113 Å². The van der Waals surface area contributed by atoms with E-state index in [2.05, 4.69) is 17.0 Å². The predicted molar refractivity (Wildman–Crippen MR) is 64.5 cm³/mol. The van der Waals surface area contributed by atoms with Crippen LogP contribution in [0.15, 0.2) is 36.9 Å². The van der Waals surface area contributed by atoms with Gasteiger partial charge in [0, 0.05) is 6.42 Å². The minimum Gasteiger partial charge on any atom is -1.00 e. The Balaban J connectivity index is 0.00000289. The highest BCUT2D eigenvalue weighted by Crippen LogP contribution is 2.13. The molecule has 0 saturated heterocycles. The first-order valence-electron chi connectivity index (χ1n) is 5.41. The van der Waals surface area contributed by atoms with Crippen molar-refractivity contribution in [2.24, 2.45) is 0 Å². The van der Waals surface area contributed by atoms with Crippen molar-refractivity contribution in [2.45, 2.75) is 12.5 Å². The Morgan fingerprint density at radius 2 is 2.06 bits per heavy atom. The maximum absolute atomic E-state index is 11.2. The molecule has 1 aromatic carbocycles. The summed E-state index contributed by atoms with van der Waals surface area (Å²) in [5.74, 6) is 0.490. The summed E-state index contributed by atoms with van der Waals surface area (Å²) in [5.41, 5.74) is 4.79. The monoisotopic (exact) mass is 271 g/mol. The summed E-state index contributed by atoms with van der Waals surface area (Å²) >= 11 is 0. The molecule has 0 aromatic heterocycles. The molecule has 5 heteroatoms. The van der Waals surface area contributed by atoms with Gasteiger partial charge in [0.2, 0.25) is 0 Å². The highest BCUT2D eigenvalue weighted by molar-refractivity contribution is 5.74. The number of benzene rings is 1. The topological polar surface area (TPSA) is 63.2 Å². The van der Waals surface area contributed by atoms with Crippen LogP contribution in [0, 0.1) is 0 Å². The first-order valence-corrected chi connectivity index (χ1v) is 5.41. The van der Waals surface area contributed by atoms with Crippen molar-refractivity contribution in [1.29, 1.82) is 0 Å². The van der Waals surface area contributed by atoms with Crippen molar-refractivity contribution in [3.8, 4) is 5.75 Å². The maximum atomic E-state index is 11.2. The molecule has 1 atom stereocenters. The number of hydrogen-bond donors (Lipinski definition) is 1. The maximum Gasteiger partial charge on any atom is 0.364 e. The molecule has 1 rings (SSSR count). The normalized spacial score (nSPS) is 11.0. The van der Waals surface area contributed by atoms with E-state index >= 15 is 0 Å². The first-order chi connectivity index (χ1) is 8.17. The van der Waals surface area contributed by atoms with Crippen LogP contribution in [0.5, 0.6) is 5.75 Å². The summed E-state index contributed by atoms with van der Waals surface area (Å²) in [6, 6.07) is 7.19. The van der Waals surface area contributed by atoms with Gasteiger partial charge in [-0.2, -0.15) is 0 Å². The van der Waals surface area contributed by atoms with Crippen molar-refractivity contribution < 1.29 is 32.4 Å². The Morgan fingerprint density at radius 1 is 1.44 bits per heavy atom. The molecule has 3 N–H and O–H groups in total. The second-order valence-electron chi connectivity index (χ2n) is 3.67. The van der Waals surface area contributed by atoms with Gasteiger partial charge in [0.15, 0.2) is 6.04 Å². The van der Waals surface area contributed by atoms with E-state index in [0.29, 0.717) is 13.0 Å². The average Bonchev–Trinajstić information content (AvgIpc) is 2.37. The van der Waals surface area contributed by atoms with E-state index < -0.39 is 0 Å². The Bertz CT molecular complexity index is 378. The molecule has 0 radical (unpaired) electrons. The van der Waals surface area contributed by atoms with Crippen molar-refractivity contribution in [3.05, 3.63) is 42.5 Å². The van der Waals surface area contributed by atoms with Crippen LogP contribution in [-0.4, -0.2) is 25.7 Å². The van der Waals surface area contributed by atoms with Crippen LogP contribution < -0.4 is 22.9 Å². The Hall–Kier alpha value is -1.52. The van der Waals surface area contributed by atoms with Crippen LogP contribution in [-0.2, 0) is 16.0 Å². The Morgan fingerprint density at radius 3 is 2.56 bits per heavy atom. The molecular weight excluding hydrogens is 254 g/mol. The number of halogens is 1. The van der Waals surface area contributed by atoms with E-state index in [0.717, 1.165) is 11.3 Å². The molecule has 0 heterocycles. The number of quaternary nitrogens is 1. The van der Waals surface area contributed by atoms with E-state index in [9.17, 15) is 4.79 Å². The first kappa shape index (κ1) is 16.5. The van der Waals surface area contributed by atoms with Gasteiger partial charge in [-0.3, -0.25) is 0 Å². The molecule has 1 unspecified atom stereocenters. The molecule has 18 heavy (non-hydrogen) atoms. The van der Waals surface area contributed by atoms with E-state index in [-0.39, 0.29) is 24.4 Å². The van der Waals surface area contributed by atoms with Crippen LogP contribution in [0.2, 0.25) is 0 Å². The van der Waals surface area contributed by atoms with Gasteiger partial charge in [0.1, 0.15) is 12.4 Å². The van der Waals surface area contributed by atoms with E-state index in [1.165, 1.54) is 7.11 Å². The zero-order valence-electron chi connectivity index (χ0n) is 10.4. The third kappa shape index (κ3) is 5.21. The number of hydrogen-bond acceptors (Lipinski definition) is 3. The third-order valence-corrected chi connectivity index (χ3v) is 2.31. The minimum absolute atomic E-state index is 0. The number of methoxy groups -OCH3 is 1. The van der Waals surface area contributed by atoms with Gasteiger partial charge in [-0.1, -0.05) is 24.8 Å². The van der Waals surface area contributed by atoms with Gasteiger partial charge in [-0.25, -0.2) is 4.79 Å². The van der Waals surface area contributed by atoms with Gasteiger partial charge < -0.3 is 27.6 Å². The van der Waals surface area contributed by atoms with Crippen molar-refractivity contribution >= 4 is 5.97 Å². The minimum atomic E-state index is -0.375. The summed E-state index contributed by atoms with van der Waals surface area (Å²) < 4.78 is 9.98. The van der Waals surface area contributed by atoms with Crippen molar-refractivity contribution in [3.63, 3.8) is 0 Å². The fourth-order valence-corrected chi connectivity index (χ4v) is 1.41. The highest BCUT2D eigenvalue weighted by Gasteiger charge is 2.17. The van der Waals surface area contributed by atoms with Crippen LogP contribution in [0.4, 0.5) is 0 Å². The van der Waals surface area contributed by atoms with Crippen molar-refractivity contribution in [2.75, 3.05) is 13.7 Å². The zero-order chi connectivity index (χ0) is 12.7. The van der Waals surface area contributed by atoms with Crippen LogP contribution in [0.25, 0.3) is 0 Å². The lowest BCUT2D eigenvalue weighted by Crippen LogP contribution is -3.00. The standard InChI is InChI=1S/C13H17NO3.ClH/c1-3-8-17-11-6-4-10(5-7-11)9-12(14)13(15)16-2;/h3-7,12H,1,8-9,14H2,2H3;1H. The molecule has 4 nitrogen and oxygen atoms in total. The highest BCUT2D eigenvalue weighted by atomic mass is 35.5. The molecule has 0 aliphatic rings. The zero-order valence-corrected chi connectivity index (χ0v) is 11.2. The van der Waals surface area contributed by atoms with E-state index in [1.54, 1.807) is 6.08 Å². The van der Waals surface area contributed by atoms with Gasteiger partial charge in [-0.05, 0) is 17.7 Å². The smallest absolute Gasteiger partial charge is 0.364 e. The van der Waals surface area contributed by atoms with E-state index in [4.69, 9.17) is 4.74 Å². The lowest BCUT2D eigenvalue weighted by molar-refractivity contribution is -0.407. The van der Waals surface area contributed by atoms with Crippen LogP contribution in [0.3, 0.4) is 0 Å². The summed E-state index contributed by atoms with van der Waals surface area (Å²) in [4.78, 5) is 11.2. The second-order valence-corrected chi connectivity index (χ2v) is 3.67. The molecule has 1 aromatic rings. The number of ether oxygens (including phenoxy) is 2. The number of carbonyl (C=O) groups excluding carboxylic acids is 1. The number of rotatable bonds is 6. The van der Waals surface area contributed by atoms with Crippen LogP contribution in [0.1, 0.15) is 5.56 Å². The molecule has 0 aliphatic carbocycles. The summed E-state index contributed by atoms with van der Waals surface area (Å²) in [6.45, 7) is 4.06. The van der Waals surface area contributed by atoms with Gasteiger partial charge in [-0.15, -0.1) is 0 Å². The molecule has 0 amide bonds. The van der Waals surface area contributed by atoms with Gasteiger partial charge in [0.05, 0.1) is 7.11 Å². The molecule has 0 saturated carbocycles. The Kier molecular flexibility index (Phi) is 7.83. The fraction of sp³-hybridized carbons (Fsp3) is 0.308. The summed E-state index contributed by atoms with van der Waals surface area (Å²) in [5, 5.41) is 0. The number of carbonyl (C=O) groups is 1. The number of esters is 1. The molecule has 0 spiro atoms. The SMILES string of the molecule is C=CCOc1ccc(CC([NH3+])C(=O)OC)cc1.[Cl-]. The summed E-state index contributed by atoms with van der Waals surface area (Å²) in [6.07, 6.45) is 2.26. The predicted octanol–water partition coefficient (Wildman–Crippen LogP) is -2.42. The third-order valence-electron chi connectivity index (χ3n) is 2.31. The van der Waals surface area contributed by atoms with E-state index in [1.807, 2.05) is 24.3 Å². The lowest BCUT2D eigenvalue weighted by atomic mass is 10.1. The van der Waals surface area contributed by atoms with Crippen molar-refractivity contribution in [1.82, 2.24) is 0 Å². The largest absolute Gasteiger partial charge is 1.00 e. The second kappa shape index (κ2) is 8.55. The molecule has 0 bridgehead atoms. The fourth-order valence-electron chi connectivity index (χ4n) is 1.41. The average molecular weight is 272 g/mol.